The number of piperidine rings is 4. The van der Waals surface area contributed by atoms with Crippen molar-refractivity contribution in [2.45, 2.75) is 129 Å². The fraction of sp³-hybridized carbons (Fsp3) is 0.292. The Hall–Kier alpha value is -16.6. The number of carbonyl (C=O) groups is 6. The molecule has 0 radical (unpaired) electrons. The number of nitrogens with zero attached hydrogens (tertiary/aromatic N) is 18. The van der Waals surface area contributed by atoms with E-state index in [1.54, 1.807) is 76.1 Å². The Morgan fingerprint density at radius 2 is 0.622 bits per heavy atom. The fourth-order valence-corrected chi connectivity index (χ4v) is 18.9. The lowest BCUT2D eigenvalue weighted by Crippen LogP contribution is -2.36. The second kappa shape index (κ2) is 47.1. The topological polar surface area (TPSA) is 421 Å². The normalized spacial score (nSPS) is 15.1. The third-order valence-electron chi connectivity index (χ3n) is 27.3. The van der Waals surface area contributed by atoms with Crippen LogP contribution < -0.4 is 36.6 Å². The molecule has 6 fully saturated rings. The first-order chi connectivity index (χ1) is 72.5. The number of para-hydroxylation sites is 1. The third-order valence-corrected chi connectivity index (χ3v) is 27.3. The van der Waals surface area contributed by atoms with Crippen LogP contribution in [0.4, 0.5) is 38.9 Å². The Balaban J connectivity index is 0.000000120. The van der Waals surface area contributed by atoms with Crippen molar-refractivity contribution in [3.05, 3.63) is 301 Å². The molecule has 0 atom stereocenters. The van der Waals surface area contributed by atoms with Gasteiger partial charge in [0.1, 0.15) is 11.5 Å². The first-order valence-electron chi connectivity index (χ1n) is 50.9. The zero-order valence-electron chi connectivity index (χ0n) is 82.9. The molecule has 1 saturated carbocycles. The number of nitrogens with one attached hydrogen (secondary N) is 10. The molecule has 752 valence electrons. The van der Waals surface area contributed by atoms with Gasteiger partial charge in [-0.3, -0.25) is 109 Å². The number of amides is 7. The summed E-state index contributed by atoms with van der Waals surface area (Å²) in [4.78, 5) is 126. The van der Waals surface area contributed by atoms with Crippen molar-refractivity contribution in [3.8, 4) is 56.0 Å². The number of fused-ring (bicyclic) bond motifs is 4. The van der Waals surface area contributed by atoms with Gasteiger partial charge in [0.05, 0.1) is 122 Å². The monoisotopic (exact) mass is 1980 g/mol. The lowest BCUT2D eigenvalue weighted by Gasteiger charge is -2.30. The summed E-state index contributed by atoms with van der Waals surface area (Å²) in [5, 5.41) is 49.3. The van der Waals surface area contributed by atoms with Crippen molar-refractivity contribution >= 4 is 113 Å². The van der Waals surface area contributed by atoms with Crippen molar-refractivity contribution in [2.75, 3.05) is 111 Å². The number of H-pyrrole nitrogens is 4. The maximum Gasteiger partial charge on any atom is 0.321 e. The molecule has 17 aromatic rings. The Morgan fingerprint density at radius 3 is 0.953 bits per heavy atom. The summed E-state index contributed by atoms with van der Waals surface area (Å²) in [5.41, 5.74) is 20.6. The maximum atomic E-state index is 13.1. The van der Waals surface area contributed by atoms with Crippen LogP contribution in [-0.2, 0) is 37.5 Å². The van der Waals surface area contributed by atoms with E-state index in [1.165, 1.54) is 93.9 Å². The number of rotatable bonds is 27. The van der Waals surface area contributed by atoms with Crippen LogP contribution in [0.3, 0.4) is 0 Å². The molecule has 0 unspecified atom stereocenters. The number of aromatic nitrogens is 16. The average Bonchev–Trinajstić information content (AvgIpc) is 1.65. The van der Waals surface area contributed by atoms with Gasteiger partial charge in [-0.1, -0.05) is 68.1 Å². The summed E-state index contributed by atoms with van der Waals surface area (Å²) in [6.45, 7) is 15.5. The number of pyridine rings is 8. The van der Waals surface area contributed by atoms with Gasteiger partial charge >= 0.3 is 6.03 Å². The first-order valence-corrected chi connectivity index (χ1v) is 50.9. The second-order valence-electron chi connectivity index (χ2n) is 38.7. The number of aromatic amines is 4. The standard InChI is InChI=1S/C30H28N6O2.C28H29N7O2.C28H31N7O.C27H30N8O2/c37-30(33-23-10-11-24(32-18-23)20-36-13-5-2-6-14-36)29-27-16-21(9-12-28(27)34-35-29)22-15-26(19-31-17-22)38-25-7-3-1-4-8-25;36-27(18-4-5-18)32-23-12-20(14-29-15-23)19-6-9-25-24(13-19)26(34-33-25)28(37)31-21-7-8-22(30-16-21)17-35-10-2-1-3-11-35;36-28(31-23-6-7-24(30-17-23)19-35-9-2-1-3-10-35)27-25-14-21(5-8-26(25)32-33-27)22-13-20(15-29-16-22)18-34-11-4-12-34;1-34(2)27(37)31-22-12-19(14-28-15-22)18-6-9-24-23(13-18)25(33-32-24)26(36)30-20-7-8-21(29-16-20)17-35-10-4-3-5-11-35/h1,3-4,7-12,15-19H,2,5-6,13-14,20H2,(H,33,37)(H,34,35);6-9,12-16,18H,1-5,10-11,17H2,(H,31,37)(H,32,36)(H,33,34);5-8,13-17H,1-4,9-12,18-19H2,(H,31,36)(H,32,33);6-9,12-16H,3-5,10-11,17H2,1-2H3,(H,30,36)(H,31,37)(H,32,33). The fourth-order valence-electron chi connectivity index (χ4n) is 18.9. The van der Waals surface area contributed by atoms with Gasteiger partial charge in [-0.2, -0.15) is 20.4 Å². The molecule has 23 rings (SSSR count). The lowest BCUT2D eigenvalue weighted by molar-refractivity contribution is -0.117. The smallest absolute Gasteiger partial charge is 0.321 e. The third kappa shape index (κ3) is 25.6. The van der Waals surface area contributed by atoms with Gasteiger partial charge in [0.25, 0.3) is 23.6 Å². The van der Waals surface area contributed by atoms with Crippen molar-refractivity contribution in [2.24, 2.45) is 5.92 Å². The van der Waals surface area contributed by atoms with E-state index in [0.29, 0.717) is 73.4 Å². The van der Waals surface area contributed by atoms with Crippen LogP contribution in [0.15, 0.2) is 250 Å². The number of likely N-dealkylation sites (tertiary alicyclic amines) is 5. The van der Waals surface area contributed by atoms with E-state index in [4.69, 9.17) is 4.74 Å². The van der Waals surface area contributed by atoms with Gasteiger partial charge in [0.2, 0.25) is 5.91 Å². The Kier molecular flexibility index (Phi) is 31.4. The van der Waals surface area contributed by atoms with Gasteiger partial charge in [0, 0.05) is 128 Å². The van der Waals surface area contributed by atoms with Crippen LogP contribution in [0, 0.1) is 5.92 Å². The number of ether oxygens (including phenoxy) is 1. The minimum Gasteiger partial charge on any atom is -0.456 e. The van der Waals surface area contributed by atoms with Crippen LogP contribution >= 0.6 is 0 Å². The number of hydrogen-bond acceptors (Lipinski definition) is 24. The molecule has 5 aliphatic heterocycles. The highest BCUT2D eigenvalue weighted by atomic mass is 16.5. The van der Waals surface area contributed by atoms with Crippen LogP contribution in [0.5, 0.6) is 11.5 Å². The predicted octanol–water partition coefficient (Wildman–Crippen LogP) is 19.5. The van der Waals surface area contributed by atoms with E-state index < -0.39 is 0 Å². The molecule has 12 aromatic heterocycles. The van der Waals surface area contributed by atoms with Crippen LogP contribution in [0.2, 0.25) is 0 Å². The summed E-state index contributed by atoms with van der Waals surface area (Å²) >= 11 is 0. The van der Waals surface area contributed by atoms with Crippen LogP contribution in [0.25, 0.3) is 88.1 Å². The number of carbonyl (C=O) groups excluding carboxylic acids is 6. The van der Waals surface area contributed by atoms with E-state index in [2.05, 4.69) is 143 Å². The number of anilines is 6. The van der Waals surface area contributed by atoms with Crippen molar-refractivity contribution in [1.82, 2.24) is 110 Å². The molecule has 17 heterocycles. The Bertz CT molecular complexity index is 7300. The van der Waals surface area contributed by atoms with Gasteiger partial charge in [-0.25, -0.2) is 4.79 Å². The molecule has 5 saturated heterocycles. The Morgan fingerprint density at radius 1 is 0.297 bits per heavy atom. The largest absolute Gasteiger partial charge is 0.456 e. The molecule has 6 aliphatic rings. The highest BCUT2D eigenvalue weighted by Crippen LogP contribution is 2.37. The average molecular weight is 1980 g/mol. The van der Waals surface area contributed by atoms with Gasteiger partial charge in [0.15, 0.2) is 22.8 Å². The summed E-state index contributed by atoms with van der Waals surface area (Å²) in [6, 6.07) is 55.9. The zero-order valence-corrected chi connectivity index (χ0v) is 82.9. The molecule has 35 nitrogen and oxygen atoms in total. The Labute approximate surface area is 855 Å². The van der Waals surface area contributed by atoms with E-state index in [9.17, 15) is 28.8 Å². The molecule has 0 spiro atoms. The minimum absolute atomic E-state index is 0.0391. The summed E-state index contributed by atoms with van der Waals surface area (Å²) in [7, 11) is 3.35. The first kappa shape index (κ1) is 98.8. The molecule has 1 aliphatic carbocycles. The van der Waals surface area contributed by atoms with Crippen LogP contribution in [-0.4, -0.2) is 225 Å². The minimum atomic E-state index is -0.320. The number of benzene rings is 5. The highest BCUT2D eigenvalue weighted by Gasteiger charge is 2.31. The molecule has 10 N–H and O–H groups in total. The quantitative estimate of drug-likeness (QED) is 0.0229. The highest BCUT2D eigenvalue weighted by molar-refractivity contribution is 6.15. The van der Waals surface area contributed by atoms with Gasteiger partial charge < -0.3 is 41.5 Å². The van der Waals surface area contributed by atoms with Gasteiger partial charge in [-0.15, -0.1) is 0 Å². The molecule has 148 heavy (non-hydrogen) atoms. The zero-order chi connectivity index (χ0) is 101. The molecule has 0 bridgehead atoms. The van der Waals surface area contributed by atoms with Gasteiger partial charge in [-0.05, 0) is 297 Å². The summed E-state index contributed by atoms with van der Waals surface area (Å²) in [5.74, 6) is 0.355. The molecular weight excluding hydrogens is 1860 g/mol. The lowest BCUT2D eigenvalue weighted by atomic mass is 10.0. The number of urea groups is 1. The van der Waals surface area contributed by atoms with Crippen molar-refractivity contribution < 1.29 is 33.5 Å². The van der Waals surface area contributed by atoms with Crippen molar-refractivity contribution in [3.63, 3.8) is 0 Å². The summed E-state index contributed by atoms with van der Waals surface area (Å²) < 4.78 is 5.94. The van der Waals surface area contributed by atoms with E-state index in [1.807, 2.05) is 182 Å². The summed E-state index contributed by atoms with van der Waals surface area (Å²) in [6.07, 6.45) is 39.1. The predicted molar refractivity (Wildman–Crippen MR) is 573 cm³/mol. The molecule has 7 amide bonds. The van der Waals surface area contributed by atoms with E-state index in [0.717, 1.165) is 217 Å². The van der Waals surface area contributed by atoms with Crippen LogP contribution in [0.1, 0.15) is 167 Å². The molecular formula is C113H118N28O7. The van der Waals surface area contributed by atoms with Crippen molar-refractivity contribution in [1.29, 1.82) is 0 Å². The maximum absolute atomic E-state index is 13.1. The molecule has 35 heteroatoms. The molecule has 5 aromatic carbocycles. The SMILES string of the molecule is CN(C)C(=O)Nc1cncc(-c2ccc3[nH]nc(C(=O)Nc4ccc(CN5CCCCC5)nc4)c3c2)c1.O=C(Nc1ccc(CN2CCCCC2)nc1)c1n[nH]c2ccc(-c3cncc(CN4CCC4)c3)cc12.O=C(Nc1ccc(CN2CCCCC2)nc1)c1n[nH]c2ccc(-c3cncc(NC(=O)C4CC4)c3)cc12.O=C(Nc1ccc(CN2CCCCC2)nc1)c1n[nH]c2ccc(-c3cncc(Oc4ccccc4)c3)cc12. The van der Waals surface area contributed by atoms with E-state index in [-0.39, 0.29) is 41.5 Å². The second-order valence-corrected chi connectivity index (χ2v) is 38.7. The number of hydrogen-bond donors (Lipinski definition) is 10. The van der Waals surface area contributed by atoms with E-state index >= 15 is 0 Å².